The molecule has 1 aromatic heterocycles. The van der Waals surface area contributed by atoms with Crippen molar-refractivity contribution in [3.63, 3.8) is 0 Å². The molecule has 1 aromatic carbocycles. The van der Waals surface area contributed by atoms with Crippen molar-refractivity contribution in [1.29, 1.82) is 0 Å². The highest BCUT2D eigenvalue weighted by molar-refractivity contribution is 7.89. The van der Waals surface area contributed by atoms with E-state index in [4.69, 9.17) is 11.6 Å². The minimum Gasteiger partial charge on any atom is -0.265 e. The molecule has 1 aliphatic carbocycles. The molecule has 5 nitrogen and oxygen atoms in total. The Morgan fingerprint density at radius 3 is 2.38 bits per heavy atom. The molecule has 3 aliphatic rings. The number of benzene rings is 1. The summed E-state index contributed by atoms with van der Waals surface area (Å²) < 4.78 is 30.5. The summed E-state index contributed by atoms with van der Waals surface area (Å²) in [6.45, 7) is 0. The standard InChI is InChI=1S/C19H22ClN3O2S/c20-13-6-8-15(9-7-13)26(24,25)23-17-10-11-18(23)19-16(17)12-21-22(19)14-4-2-1-3-5-14/h6-9,12,14,17-18H,1-5,10-11H2. The van der Waals surface area contributed by atoms with E-state index in [2.05, 4.69) is 9.78 Å². The molecule has 0 N–H and O–H groups in total. The van der Waals surface area contributed by atoms with Crippen molar-refractivity contribution < 1.29 is 8.42 Å². The fourth-order valence-electron chi connectivity index (χ4n) is 5.00. The number of nitrogens with zero attached hydrogens (tertiary/aromatic N) is 3. The van der Waals surface area contributed by atoms with E-state index in [1.807, 2.05) is 6.20 Å². The highest BCUT2D eigenvalue weighted by Gasteiger charge is 2.52. The zero-order valence-electron chi connectivity index (χ0n) is 14.5. The molecule has 2 fully saturated rings. The van der Waals surface area contributed by atoms with Gasteiger partial charge in [-0.25, -0.2) is 8.42 Å². The highest BCUT2D eigenvalue weighted by atomic mass is 35.5. The van der Waals surface area contributed by atoms with Crippen LogP contribution in [0.2, 0.25) is 5.02 Å². The van der Waals surface area contributed by atoms with Gasteiger partial charge in [0.25, 0.3) is 0 Å². The second-order valence-electron chi connectivity index (χ2n) is 7.62. The first kappa shape index (κ1) is 16.8. The number of hydrogen-bond donors (Lipinski definition) is 0. The maximum Gasteiger partial charge on any atom is 0.244 e. The zero-order valence-corrected chi connectivity index (χ0v) is 16.1. The monoisotopic (exact) mass is 391 g/mol. The van der Waals surface area contributed by atoms with Crippen LogP contribution in [0, 0.1) is 0 Å². The van der Waals surface area contributed by atoms with Crippen LogP contribution in [0.15, 0.2) is 35.4 Å². The molecule has 2 aliphatic heterocycles. The van der Waals surface area contributed by atoms with Crippen molar-refractivity contribution in [2.45, 2.75) is 68.0 Å². The third-order valence-electron chi connectivity index (χ3n) is 6.18. The Balaban J connectivity index is 1.53. The summed E-state index contributed by atoms with van der Waals surface area (Å²) in [6, 6.07) is 6.76. The van der Waals surface area contributed by atoms with Crippen molar-refractivity contribution in [2.24, 2.45) is 0 Å². The van der Waals surface area contributed by atoms with E-state index in [1.165, 1.54) is 19.3 Å². The maximum absolute atomic E-state index is 13.3. The van der Waals surface area contributed by atoms with Crippen LogP contribution < -0.4 is 0 Å². The molecule has 26 heavy (non-hydrogen) atoms. The first-order valence-corrected chi connectivity index (χ1v) is 11.3. The van der Waals surface area contributed by atoms with Gasteiger partial charge < -0.3 is 0 Å². The van der Waals surface area contributed by atoms with Gasteiger partial charge in [0.15, 0.2) is 0 Å². The second-order valence-corrected chi connectivity index (χ2v) is 9.90. The van der Waals surface area contributed by atoms with Gasteiger partial charge in [-0.2, -0.15) is 9.40 Å². The Kier molecular flexibility index (Phi) is 3.92. The van der Waals surface area contributed by atoms with Crippen molar-refractivity contribution in [3.05, 3.63) is 46.7 Å². The summed E-state index contributed by atoms with van der Waals surface area (Å²) in [6.07, 6.45) is 9.73. The van der Waals surface area contributed by atoms with Crippen LogP contribution >= 0.6 is 11.6 Å². The summed E-state index contributed by atoms with van der Waals surface area (Å²) in [5.74, 6) is 0. The van der Waals surface area contributed by atoms with Gasteiger partial charge in [0.05, 0.1) is 34.9 Å². The topological polar surface area (TPSA) is 55.2 Å². The molecule has 1 saturated carbocycles. The van der Waals surface area contributed by atoms with Gasteiger partial charge in [-0.3, -0.25) is 4.68 Å². The molecule has 2 atom stereocenters. The molecule has 2 unspecified atom stereocenters. The average molecular weight is 392 g/mol. The first-order valence-electron chi connectivity index (χ1n) is 9.44. The molecular weight excluding hydrogens is 370 g/mol. The molecule has 7 heteroatoms. The Hall–Kier alpha value is -1.37. The van der Waals surface area contributed by atoms with Crippen molar-refractivity contribution in [2.75, 3.05) is 0 Å². The zero-order chi connectivity index (χ0) is 17.9. The minimum atomic E-state index is -3.54. The van der Waals surface area contributed by atoms with Crippen molar-refractivity contribution in [3.8, 4) is 0 Å². The fraction of sp³-hybridized carbons (Fsp3) is 0.526. The molecule has 5 rings (SSSR count). The van der Waals surface area contributed by atoms with Crippen LogP contribution in [0.25, 0.3) is 0 Å². The summed E-state index contributed by atoms with van der Waals surface area (Å²) in [4.78, 5) is 0.320. The van der Waals surface area contributed by atoms with E-state index >= 15 is 0 Å². The molecule has 138 valence electrons. The minimum absolute atomic E-state index is 0.0759. The molecule has 2 aromatic rings. The fourth-order valence-corrected chi connectivity index (χ4v) is 6.95. The molecule has 2 bridgehead atoms. The van der Waals surface area contributed by atoms with Crippen LogP contribution in [-0.4, -0.2) is 22.5 Å². The van der Waals surface area contributed by atoms with Crippen molar-refractivity contribution in [1.82, 2.24) is 14.1 Å². The Bertz CT molecular complexity index is 932. The van der Waals surface area contributed by atoms with E-state index in [-0.39, 0.29) is 12.1 Å². The molecular formula is C19H22ClN3O2S. The van der Waals surface area contributed by atoms with Gasteiger partial charge in [-0.15, -0.1) is 0 Å². The number of fused-ring (bicyclic) bond motifs is 5. The Morgan fingerprint density at radius 1 is 0.962 bits per heavy atom. The maximum atomic E-state index is 13.3. The second kappa shape index (κ2) is 6.08. The first-order chi connectivity index (χ1) is 12.6. The lowest BCUT2D eigenvalue weighted by molar-refractivity contribution is 0.300. The van der Waals surface area contributed by atoms with Crippen LogP contribution in [0.1, 0.15) is 74.3 Å². The van der Waals surface area contributed by atoms with Crippen LogP contribution in [0.4, 0.5) is 0 Å². The molecule has 0 spiro atoms. The number of hydrogen-bond acceptors (Lipinski definition) is 3. The number of sulfonamides is 1. The largest absolute Gasteiger partial charge is 0.265 e. The predicted octanol–water partition coefficient (Wildman–Crippen LogP) is 4.62. The Labute approximate surface area is 159 Å². The number of aromatic nitrogens is 2. The van der Waals surface area contributed by atoms with Gasteiger partial charge in [0.1, 0.15) is 0 Å². The normalized spacial score (nSPS) is 26.3. The molecule has 0 amide bonds. The highest BCUT2D eigenvalue weighted by Crippen LogP contribution is 2.56. The quantitative estimate of drug-likeness (QED) is 0.766. The Morgan fingerprint density at radius 2 is 1.65 bits per heavy atom. The van der Waals surface area contributed by atoms with Crippen LogP contribution in [0.5, 0.6) is 0 Å². The van der Waals surface area contributed by atoms with E-state index in [9.17, 15) is 8.42 Å². The van der Waals surface area contributed by atoms with E-state index < -0.39 is 10.0 Å². The smallest absolute Gasteiger partial charge is 0.244 e. The molecule has 0 radical (unpaired) electrons. The SMILES string of the molecule is O=S(=O)(c1ccc(Cl)cc1)N1C2CCC1c1c2cnn1C1CCCCC1. The van der Waals surface area contributed by atoms with Crippen LogP contribution in [-0.2, 0) is 10.0 Å². The summed E-state index contributed by atoms with van der Waals surface area (Å²) in [7, 11) is -3.54. The van der Waals surface area contributed by atoms with Gasteiger partial charge in [0, 0.05) is 10.6 Å². The lowest BCUT2D eigenvalue weighted by Gasteiger charge is -2.27. The lowest BCUT2D eigenvalue weighted by Crippen LogP contribution is -2.29. The van der Waals surface area contributed by atoms with Crippen LogP contribution in [0.3, 0.4) is 0 Å². The summed E-state index contributed by atoms with van der Waals surface area (Å²) in [5, 5.41) is 5.23. The third-order valence-corrected chi connectivity index (χ3v) is 8.36. The molecule has 3 heterocycles. The summed E-state index contributed by atoms with van der Waals surface area (Å²) in [5.41, 5.74) is 2.26. The van der Waals surface area contributed by atoms with Gasteiger partial charge in [0.2, 0.25) is 10.0 Å². The van der Waals surface area contributed by atoms with E-state index in [0.717, 1.165) is 36.9 Å². The van der Waals surface area contributed by atoms with Crippen molar-refractivity contribution >= 4 is 21.6 Å². The van der Waals surface area contributed by atoms with E-state index in [0.29, 0.717) is 16.0 Å². The van der Waals surface area contributed by atoms with Gasteiger partial charge >= 0.3 is 0 Å². The third kappa shape index (κ3) is 2.38. The van der Waals surface area contributed by atoms with E-state index in [1.54, 1.807) is 28.6 Å². The number of rotatable bonds is 3. The number of halogens is 1. The predicted molar refractivity (Wildman–Crippen MR) is 99.5 cm³/mol. The van der Waals surface area contributed by atoms with Gasteiger partial charge in [-0.05, 0) is 49.9 Å². The lowest BCUT2D eigenvalue weighted by atomic mass is 9.93. The van der Waals surface area contributed by atoms with Gasteiger partial charge in [-0.1, -0.05) is 30.9 Å². The summed E-state index contributed by atoms with van der Waals surface area (Å²) >= 11 is 5.93. The molecule has 1 saturated heterocycles. The average Bonchev–Trinajstić information content (AvgIpc) is 3.34.